The van der Waals surface area contributed by atoms with Crippen molar-refractivity contribution in [2.75, 3.05) is 51.7 Å². The number of methoxy groups -OCH3 is 1. The van der Waals surface area contributed by atoms with Crippen LogP contribution in [0, 0.1) is 32.1 Å². The predicted octanol–water partition coefficient (Wildman–Crippen LogP) is -3.04. The number of aliphatic carboxylic acids is 1. The van der Waals surface area contributed by atoms with Gasteiger partial charge in [0.2, 0.25) is 65.0 Å². The Bertz CT molecular complexity index is 3800. The maximum atomic E-state index is 14.5. The molecule has 0 saturated carbocycles. The van der Waals surface area contributed by atoms with Crippen LogP contribution < -0.4 is 97.9 Å². The summed E-state index contributed by atoms with van der Waals surface area (Å²) in [7, 11) is 1.44. The molecule has 41 nitrogen and oxygen atoms in total. The van der Waals surface area contributed by atoms with Crippen LogP contribution in [0.5, 0.6) is 5.75 Å². The lowest BCUT2D eigenvalue weighted by Crippen LogP contribution is -2.60. The summed E-state index contributed by atoms with van der Waals surface area (Å²) >= 11 is 0. The molecule has 0 radical (unpaired) electrons. The number of carbonyl (C=O) groups is 12. The van der Waals surface area contributed by atoms with Gasteiger partial charge < -0.3 is 107 Å². The van der Waals surface area contributed by atoms with Crippen LogP contribution in [0.25, 0.3) is 11.0 Å². The highest BCUT2D eigenvalue weighted by molar-refractivity contribution is 5.99. The number of non-ortho nitro benzene ring substituents is 1. The van der Waals surface area contributed by atoms with E-state index in [-0.39, 0.29) is 112 Å². The number of nitro benzene ring substituents is 2. The van der Waals surface area contributed by atoms with Gasteiger partial charge in [0, 0.05) is 56.2 Å². The van der Waals surface area contributed by atoms with E-state index in [2.05, 4.69) is 63.2 Å². The fourth-order valence-corrected chi connectivity index (χ4v) is 11.3. The van der Waals surface area contributed by atoms with Gasteiger partial charge in [0.05, 0.1) is 36.0 Å². The minimum atomic E-state index is -1.84. The molecular formula is C66H99N21O20. The smallest absolute Gasteiger partial charge is 0.336 e. The standard InChI is InChI=1S/C66H99N21O20/c1-34(2)26-46(83-63(100)49-15-11-25-85(49)64(101)45(12-7-8-22-67)78-52(88)28-37-29-55(92)107-51-31-39(106-6)17-18-40(37)51)58(95)76-33-53(89)79-47(27-35(3)4)61(98)84-48(32-75-41-19-16-38(86(102)103)30-50(41)87(104)105)62(99)77-36(5)57(94)81-43(14-10-24-74-66(71)72)59(96)82-44(20-21-54(90)91)60(97)80-42(56(68)93)13-9-23-73-65(69)70/h16-19,29-31,34-36,42-49,75H,7-15,20-28,32-33,67H2,1-6H3,(H2,68,93)(H,76,95)(H,77,99)(H,78,88)(H,79,89)(H,80,97)(H,81,94)(H,82,96)(H,83,100)(H,84,98)(H,90,91)(H4,69,70,73)(H4,71,72,74)/t36-,42+,43+,44-,45-,46-,47-,48?,49+/m0/s1. The topological polar surface area (TPSA) is 655 Å². The van der Waals surface area contributed by atoms with Crippen molar-refractivity contribution in [3.05, 3.63) is 78.7 Å². The quantitative estimate of drug-likeness (QED) is 0.00667. The van der Waals surface area contributed by atoms with Crippen LogP contribution in [0.15, 0.2) is 61.7 Å². The van der Waals surface area contributed by atoms with Crippen LogP contribution in [0.1, 0.15) is 124 Å². The number of anilines is 1. The lowest BCUT2D eigenvalue weighted by Gasteiger charge is -2.30. The number of nitrogens with one attached hydrogen (secondary N) is 10. The van der Waals surface area contributed by atoms with Crippen LogP contribution in [0.4, 0.5) is 17.1 Å². The largest absolute Gasteiger partial charge is 0.497 e. The number of nitrogens with zero attached hydrogens (tertiary/aromatic N) is 5. The number of carbonyl (C=O) groups excluding carboxylic acids is 11. The van der Waals surface area contributed by atoms with E-state index in [1.54, 1.807) is 39.8 Å². The first kappa shape index (κ1) is 87.6. The van der Waals surface area contributed by atoms with Crippen molar-refractivity contribution >= 4 is 111 Å². The molecule has 1 unspecified atom stereocenters. The summed E-state index contributed by atoms with van der Waals surface area (Å²) in [6.45, 7) is 6.86. The molecule has 107 heavy (non-hydrogen) atoms. The zero-order valence-electron chi connectivity index (χ0n) is 60.4. The predicted molar refractivity (Wildman–Crippen MR) is 388 cm³/mol. The minimum absolute atomic E-state index is 0.0136. The average molecular weight is 1510 g/mol. The summed E-state index contributed by atoms with van der Waals surface area (Å²) in [4.78, 5) is 209. The SMILES string of the molecule is COc1ccc2c(CC(=O)N[C@@H](CCCCN)C(=O)N3CCC[C@@H]3C(=O)N[C@@H](CC(C)C)C(=O)NCC(=O)N[C@@H](CC(C)C)C(=O)NC(CNc3ccc([N+](=O)[O-])cc3[N+](=O)[O-])C(=O)N[C@@H](C)C(=O)N[C@H](CCCN=C(N)N)C(=O)N[C@@H](CCC(=O)O)C(=O)N[C@H](CCCN=C(N)N)C(N)=O)cc(=O)oc2c1. The number of guanidine groups is 2. The number of amides is 11. The van der Waals surface area contributed by atoms with Gasteiger partial charge in [-0.25, -0.2) is 4.79 Å². The van der Waals surface area contributed by atoms with Crippen LogP contribution >= 0.6 is 0 Å². The number of hydrogen-bond donors (Lipinski definition) is 17. The molecule has 0 aliphatic carbocycles. The third-order valence-corrected chi connectivity index (χ3v) is 16.7. The highest BCUT2D eigenvalue weighted by atomic mass is 16.6. The van der Waals surface area contributed by atoms with Gasteiger partial charge in [-0.2, -0.15) is 0 Å². The Balaban J connectivity index is 1.56. The second kappa shape index (κ2) is 43.5. The second-order valence-electron chi connectivity index (χ2n) is 26.2. The molecule has 3 aromatic rings. The highest BCUT2D eigenvalue weighted by Gasteiger charge is 2.40. The summed E-state index contributed by atoms with van der Waals surface area (Å²) in [5.41, 5.74) is 30.9. The first-order valence-corrected chi connectivity index (χ1v) is 34.6. The molecule has 11 amide bonds. The van der Waals surface area contributed by atoms with Crippen LogP contribution in [0.3, 0.4) is 0 Å². The molecule has 2 heterocycles. The van der Waals surface area contributed by atoms with Crippen molar-refractivity contribution in [2.24, 2.45) is 56.2 Å². The molecule has 1 aliphatic rings. The van der Waals surface area contributed by atoms with Crippen molar-refractivity contribution in [3.63, 3.8) is 0 Å². The first-order chi connectivity index (χ1) is 50.5. The van der Waals surface area contributed by atoms with Crippen molar-refractivity contribution in [2.45, 2.75) is 179 Å². The highest BCUT2D eigenvalue weighted by Crippen LogP contribution is 2.30. The van der Waals surface area contributed by atoms with E-state index in [0.717, 1.165) is 19.1 Å². The van der Waals surface area contributed by atoms with E-state index in [0.29, 0.717) is 48.6 Å². The first-order valence-electron chi connectivity index (χ1n) is 34.6. The zero-order chi connectivity index (χ0) is 79.8. The third-order valence-electron chi connectivity index (χ3n) is 16.7. The Morgan fingerprint density at radius 2 is 1.20 bits per heavy atom. The number of carboxylic acids is 1. The number of carboxylic acid groups (broad SMARTS) is 1. The Morgan fingerprint density at radius 1 is 0.636 bits per heavy atom. The summed E-state index contributed by atoms with van der Waals surface area (Å²) in [5.74, 6) is -12.2. The molecule has 1 aliphatic heterocycles. The lowest BCUT2D eigenvalue weighted by atomic mass is 10.0. The van der Waals surface area contributed by atoms with Crippen LogP contribution in [-0.2, 0) is 64.0 Å². The number of primary amides is 1. The number of likely N-dealkylation sites (tertiary alicyclic amines) is 1. The van der Waals surface area contributed by atoms with Gasteiger partial charge in [0.1, 0.15) is 71.4 Å². The van der Waals surface area contributed by atoms with Gasteiger partial charge in [-0.1, -0.05) is 27.7 Å². The summed E-state index contributed by atoms with van der Waals surface area (Å²) in [6, 6.07) is -4.64. The Hall–Kier alpha value is -11.8. The zero-order valence-corrected chi connectivity index (χ0v) is 60.4. The number of rotatable bonds is 46. The van der Waals surface area contributed by atoms with Gasteiger partial charge in [-0.3, -0.25) is 87.7 Å². The fraction of sp³-hybridized carbons (Fsp3) is 0.561. The molecule has 1 fully saturated rings. The second-order valence-corrected chi connectivity index (χ2v) is 26.2. The van der Waals surface area contributed by atoms with E-state index in [1.807, 2.05) is 0 Å². The fourth-order valence-electron chi connectivity index (χ4n) is 11.3. The Labute approximate surface area is 614 Å². The van der Waals surface area contributed by atoms with Crippen molar-refractivity contribution < 1.29 is 81.6 Å². The maximum Gasteiger partial charge on any atom is 0.336 e. The molecule has 41 heteroatoms. The van der Waals surface area contributed by atoms with Gasteiger partial charge in [-0.15, -0.1) is 0 Å². The van der Waals surface area contributed by atoms with Gasteiger partial charge in [-0.05, 0) is 126 Å². The number of nitro groups is 2. The number of hydrogen-bond acceptors (Lipinski definition) is 23. The molecule has 9 atom stereocenters. The maximum absolute atomic E-state index is 14.5. The minimum Gasteiger partial charge on any atom is -0.497 e. The number of ether oxygens (including phenoxy) is 1. The number of fused-ring (bicyclic) bond motifs is 1. The number of aliphatic imine (C=N–C) groups is 2. The lowest BCUT2D eigenvalue weighted by molar-refractivity contribution is -0.393. The monoisotopic (exact) mass is 1510 g/mol. The van der Waals surface area contributed by atoms with E-state index >= 15 is 0 Å². The molecule has 2 aromatic carbocycles. The Kier molecular flexibility index (Phi) is 35.6. The van der Waals surface area contributed by atoms with E-state index in [9.17, 15) is 87.7 Å². The van der Waals surface area contributed by atoms with E-state index < -0.39 is 178 Å². The van der Waals surface area contributed by atoms with Crippen LogP contribution in [0.2, 0.25) is 0 Å². The third kappa shape index (κ3) is 29.7. The van der Waals surface area contributed by atoms with Crippen molar-refractivity contribution in [3.8, 4) is 5.75 Å². The molecule has 1 saturated heterocycles. The number of nitrogens with two attached hydrogens (primary N) is 6. The molecule has 0 bridgehead atoms. The van der Waals surface area contributed by atoms with Gasteiger partial charge in [0.15, 0.2) is 11.9 Å². The average Bonchev–Trinajstić information content (AvgIpc) is 1.62. The van der Waals surface area contributed by atoms with Gasteiger partial charge in [0.25, 0.3) is 11.4 Å². The molecule has 1 aromatic heterocycles. The summed E-state index contributed by atoms with van der Waals surface area (Å²) < 4.78 is 10.6. The van der Waals surface area contributed by atoms with E-state index in [1.165, 1.54) is 24.1 Å². The summed E-state index contributed by atoms with van der Waals surface area (Å²) in [6.07, 6.45) is -0.192. The van der Waals surface area contributed by atoms with Crippen molar-refractivity contribution in [1.29, 1.82) is 0 Å². The van der Waals surface area contributed by atoms with Crippen molar-refractivity contribution in [1.82, 2.24) is 52.8 Å². The molecule has 4 rings (SSSR count). The molecular weight excluding hydrogens is 1410 g/mol. The molecule has 588 valence electrons. The number of benzene rings is 2. The van der Waals surface area contributed by atoms with E-state index in [4.69, 9.17) is 43.6 Å². The van der Waals surface area contributed by atoms with Gasteiger partial charge >= 0.3 is 11.6 Å². The summed E-state index contributed by atoms with van der Waals surface area (Å²) in [5, 5.41) is 59.0. The Morgan fingerprint density at radius 3 is 1.78 bits per heavy atom. The number of unbranched alkanes of at least 4 members (excludes halogenated alkanes) is 1. The molecule has 23 N–H and O–H groups in total. The van der Waals surface area contributed by atoms with Crippen LogP contribution in [-0.4, -0.2) is 203 Å². The molecule has 0 spiro atoms. The normalized spacial score (nSPS) is 14.7.